The van der Waals surface area contributed by atoms with E-state index in [4.69, 9.17) is 11.6 Å². The van der Waals surface area contributed by atoms with Crippen molar-refractivity contribution >= 4 is 27.5 Å². The van der Waals surface area contributed by atoms with Crippen molar-refractivity contribution in [2.45, 2.75) is 31.2 Å². The van der Waals surface area contributed by atoms with E-state index >= 15 is 0 Å². The van der Waals surface area contributed by atoms with E-state index in [1.54, 1.807) is 11.0 Å². The van der Waals surface area contributed by atoms with E-state index in [2.05, 4.69) is 11.6 Å². The molecule has 0 saturated carbocycles. The van der Waals surface area contributed by atoms with E-state index in [0.717, 1.165) is 18.4 Å². The average Bonchev–Trinajstić information content (AvgIpc) is 2.67. The third-order valence-electron chi connectivity index (χ3n) is 4.72. The van der Waals surface area contributed by atoms with Crippen LogP contribution < -0.4 is 4.72 Å². The number of carbonyl (C=O) groups is 1. The number of amides is 1. The molecule has 0 spiro atoms. The highest BCUT2D eigenvalue weighted by molar-refractivity contribution is 7.89. The molecule has 1 fully saturated rings. The molecule has 1 N–H and O–H groups in total. The van der Waals surface area contributed by atoms with Crippen molar-refractivity contribution in [1.29, 1.82) is 0 Å². The summed E-state index contributed by atoms with van der Waals surface area (Å²) in [6.07, 6.45) is 2.07. The molecule has 27 heavy (non-hydrogen) atoms. The third-order valence-corrected chi connectivity index (χ3v) is 6.60. The predicted molar refractivity (Wildman–Crippen MR) is 106 cm³/mol. The van der Waals surface area contributed by atoms with Gasteiger partial charge >= 0.3 is 0 Å². The third kappa shape index (κ3) is 4.89. The molecule has 3 rings (SSSR count). The van der Waals surface area contributed by atoms with Gasteiger partial charge in [0, 0.05) is 25.2 Å². The highest BCUT2D eigenvalue weighted by Gasteiger charge is 2.25. The summed E-state index contributed by atoms with van der Waals surface area (Å²) in [5, 5.41) is 0.0964. The van der Waals surface area contributed by atoms with Crippen LogP contribution in [-0.4, -0.2) is 32.3 Å². The maximum atomic E-state index is 12.8. The van der Waals surface area contributed by atoms with Crippen LogP contribution >= 0.6 is 11.6 Å². The van der Waals surface area contributed by atoms with Gasteiger partial charge in [0.25, 0.3) is 5.91 Å². The summed E-state index contributed by atoms with van der Waals surface area (Å²) >= 11 is 6.13. The lowest BCUT2D eigenvalue weighted by atomic mass is 9.99. The number of piperidine rings is 1. The van der Waals surface area contributed by atoms with Gasteiger partial charge in [-0.15, -0.1) is 0 Å². The SMILES string of the molecule is CC1CCCN(C(=O)c2ccc(Cl)c(S(=O)(=O)NCc3ccccc3)c2)C1. The molecule has 7 heteroatoms. The lowest BCUT2D eigenvalue weighted by Crippen LogP contribution is -2.39. The van der Waals surface area contributed by atoms with Gasteiger partial charge in [-0.1, -0.05) is 48.9 Å². The van der Waals surface area contributed by atoms with Gasteiger partial charge in [0.15, 0.2) is 0 Å². The molecule has 144 valence electrons. The summed E-state index contributed by atoms with van der Waals surface area (Å²) in [7, 11) is -3.84. The number of likely N-dealkylation sites (tertiary alicyclic amines) is 1. The molecule has 1 atom stereocenters. The van der Waals surface area contributed by atoms with Gasteiger partial charge in [-0.3, -0.25) is 4.79 Å². The summed E-state index contributed by atoms with van der Waals surface area (Å²) in [4.78, 5) is 14.5. The highest BCUT2D eigenvalue weighted by atomic mass is 35.5. The van der Waals surface area contributed by atoms with E-state index in [1.165, 1.54) is 12.1 Å². The van der Waals surface area contributed by atoms with E-state index in [-0.39, 0.29) is 22.4 Å². The molecule has 1 aliphatic heterocycles. The van der Waals surface area contributed by atoms with Crippen LogP contribution in [0, 0.1) is 5.92 Å². The normalized spacial score (nSPS) is 17.7. The minimum atomic E-state index is -3.84. The van der Waals surface area contributed by atoms with Crippen LogP contribution in [0.5, 0.6) is 0 Å². The number of benzene rings is 2. The number of sulfonamides is 1. The van der Waals surface area contributed by atoms with Crippen LogP contribution in [0.25, 0.3) is 0 Å². The molecule has 1 heterocycles. The molecule has 1 saturated heterocycles. The zero-order chi connectivity index (χ0) is 19.4. The molecule has 2 aromatic rings. The quantitative estimate of drug-likeness (QED) is 0.823. The summed E-state index contributed by atoms with van der Waals surface area (Å²) in [5.41, 5.74) is 1.18. The maximum Gasteiger partial charge on any atom is 0.253 e. The monoisotopic (exact) mass is 406 g/mol. The fourth-order valence-electron chi connectivity index (χ4n) is 3.25. The Balaban J connectivity index is 1.80. The Morgan fingerprint density at radius 2 is 1.96 bits per heavy atom. The van der Waals surface area contributed by atoms with Crippen molar-refractivity contribution in [3.63, 3.8) is 0 Å². The highest BCUT2D eigenvalue weighted by Crippen LogP contribution is 2.25. The van der Waals surface area contributed by atoms with Crippen molar-refractivity contribution in [2.75, 3.05) is 13.1 Å². The van der Waals surface area contributed by atoms with Crippen molar-refractivity contribution in [1.82, 2.24) is 9.62 Å². The van der Waals surface area contributed by atoms with Gasteiger partial charge < -0.3 is 4.90 Å². The summed E-state index contributed by atoms with van der Waals surface area (Å²) in [6, 6.07) is 13.6. The topological polar surface area (TPSA) is 66.5 Å². The summed E-state index contributed by atoms with van der Waals surface area (Å²) in [6.45, 7) is 3.65. The lowest BCUT2D eigenvalue weighted by Gasteiger charge is -2.31. The van der Waals surface area contributed by atoms with Crippen molar-refractivity contribution in [2.24, 2.45) is 5.92 Å². The first-order valence-corrected chi connectivity index (χ1v) is 10.9. The number of rotatable bonds is 5. The molecule has 0 bridgehead atoms. The van der Waals surface area contributed by atoms with Gasteiger partial charge in [0.1, 0.15) is 4.90 Å². The molecule has 0 radical (unpaired) electrons. The number of carbonyl (C=O) groups excluding carboxylic acids is 1. The Labute approximate surface area is 165 Å². The van der Waals surface area contributed by atoms with E-state index in [1.807, 2.05) is 30.3 Å². The van der Waals surface area contributed by atoms with Gasteiger partial charge in [0.05, 0.1) is 5.02 Å². The smallest absolute Gasteiger partial charge is 0.253 e. The first-order valence-electron chi connectivity index (χ1n) is 8.99. The minimum absolute atomic E-state index is 0.0731. The summed E-state index contributed by atoms with van der Waals surface area (Å²) < 4.78 is 28.0. The van der Waals surface area contributed by atoms with Crippen molar-refractivity contribution in [3.05, 3.63) is 64.7 Å². The maximum absolute atomic E-state index is 12.8. The van der Waals surface area contributed by atoms with Gasteiger partial charge in [0.2, 0.25) is 10.0 Å². The molecule has 5 nitrogen and oxygen atoms in total. The van der Waals surface area contributed by atoms with Crippen LogP contribution in [-0.2, 0) is 16.6 Å². The first kappa shape index (κ1) is 19.9. The molecule has 0 aromatic heterocycles. The second-order valence-corrected chi connectivity index (χ2v) is 9.10. The molecule has 1 unspecified atom stereocenters. The Hall–Kier alpha value is -1.89. The number of nitrogens with zero attached hydrogens (tertiary/aromatic N) is 1. The zero-order valence-electron chi connectivity index (χ0n) is 15.2. The Morgan fingerprint density at radius 1 is 1.22 bits per heavy atom. The molecule has 2 aromatic carbocycles. The van der Waals surface area contributed by atoms with E-state index in [9.17, 15) is 13.2 Å². The van der Waals surface area contributed by atoms with Crippen molar-refractivity contribution < 1.29 is 13.2 Å². The second kappa shape index (κ2) is 8.42. The first-order chi connectivity index (χ1) is 12.9. The second-order valence-electron chi connectivity index (χ2n) is 6.95. The van der Waals surface area contributed by atoms with Crippen molar-refractivity contribution in [3.8, 4) is 0 Å². The summed E-state index contributed by atoms with van der Waals surface area (Å²) in [5.74, 6) is 0.295. The van der Waals surface area contributed by atoms with Gasteiger partial charge in [-0.05, 0) is 42.5 Å². The number of hydrogen-bond acceptors (Lipinski definition) is 3. The minimum Gasteiger partial charge on any atom is -0.338 e. The van der Waals surface area contributed by atoms with E-state index < -0.39 is 10.0 Å². The van der Waals surface area contributed by atoms with Gasteiger partial charge in [-0.2, -0.15) is 0 Å². The fourth-order valence-corrected chi connectivity index (χ4v) is 4.79. The lowest BCUT2D eigenvalue weighted by molar-refractivity contribution is 0.0683. The largest absolute Gasteiger partial charge is 0.338 e. The molecular weight excluding hydrogens is 384 g/mol. The molecule has 0 aliphatic carbocycles. The van der Waals surface area contributed by atoms with Crippen LogP contribution in [0.1, 0.15) is 35.7 Å². The Kier molecular flexibility index (Phi) is 6.19. The molecule has 1 amide bonds. The number of hydrogen-bond donors (Lipinski definition) is 1. The molecule has 1 aliphatic rings. The van der Waals surface area contributed by atoms with Crippen LogP contribution in [0.15, 0.2) is 53.4 Å². The standard InChI is InChI=1S/C20H23ClN2O3S/c1-15-6-5-11-23(14-15)20(24)17-9-10-18(21)19(12-17)27(25,26)22-13-16-7-3-2-4-8-16/h2-4,7-10,12,15,22H,5-6,11,13-14H2,1H3. The van der Waals surface area contributed by atoms with Crippen LogP contribution in [0.2, 0.25) is 5.02 Å². The Morgan fingerprint density at radius 3 is 2.67 bits per heavy atom. The van der Waals surface area contributed by atoms with E-state index in [0.29, 0.717) is 24.6 Å². The number of halogens is 1. The fraction of sp³-hybridized carbons (Fsp3) is 0.350. The van der Waals surface area contributed by atoms with Gasteiger partial charge in [-0.25, -0.2) is 13.1 Å². The average molecular weight is 407 g/mol. The zero-order valence-corrected chi connectivity index (χ0v) is 16.8. The Bertz CT molecular complexity index is 916. The van der Waals surface area contributed by atoms with Crippen LogP contribution in [0.3, 0.4) is 0 Å². The molecular formula is C20H23ClN2O3S. The van der Waals surface area contributed by atoms with Crippen LogP contribution in [0.4, 0.5) is 0 Å². The number of nitrogens with one attached hydrogen (secondary N) is 1. The predicted octanol–water partition coefficient (Wildman–Crippen LogP) is 3.69.